The Kier molecular flexibility index (Phi) is 5.58. The highest BCUT2D eigenvalue weighted by atomic mass is 32.1. The molecule has 0 aliphatic carbocycles. The van der Waals surface area contributed by atoms with Crippen LogP contribution in [0.5, 0.6) is 0 Å². The van der Waals surface area contributed by atoms with Crippen molar-refractivity contribution in [3.05, 3.63) is 53.4 Å². The first kappa shape index (κ1) is 17.9. The van der Waals surface area contributed by atoms with Gasteiger partial charge >= 0.3 is 0 Å². The Hall–Kier alpha value is -2.54. The third-order valence-electron chi connectivity index (χ3n) is 4.96. The van der Waals surface area contributed by atoms with Crippen LogP contribution in [0, 0.1) is 5.92 Å². The number of thiophene rings is 1. The SMILES string of the molecule is O=C(CCc1ccccc1)N1CCC[C@H](Cn2nnc(-c3cccs3)n2)C1. The molecule has 1 atom stereocenters. The summed E-state index contributed by atoms with van der Waals surface area (Å²) in [6.45, 7) is 2.35. The van der Waals surface area contributed by atoms with Crippen molar-refractivity contribution in [1.82, 2.24) is 25.1 Å². The molecule has 0 spiro atoms. The van der Waals surface area contributed by atoms with E-state index >= 15 is 0 Å². The van der Waals surface area contributed by atoms with E-state index in [1.165, 1.54) is 5.56 Å². The minimum Gasteiger partial charge on any atom is -0.342 e. The van der Waals surface area contributed by atoms with Gasteiger partial charge in [0.2, 0.25) is 11.7 Å². The summed E-state index contributed by atoms with van der Waals surface area (Å²) in [5.74, 6) is 1.30. The molecule has 7 heteroatoms. The molecule has 0 radical (unpaired) electrons. The highest BCUT2D eigenvalue weighted by Gasteiger charge is 2.24. The number of aryl methyl sites for hydroxylation is 1. The van der Waals surface area contributed by atoms with Gasteiger partial charge in [-0.05, 0) is 47.4 Å². The van der Waals surface area contributed by atoms with E-state index in [2.05, 4.69) is 27.5 Å². The fraction of sp³-hybridized carbons (Fsp3) is 0.400. The Bertz CT molecular complexity index is 862. The normalized spacial score (nSPS) is 17.2. The van der Waals surface area contributed by atoms with Crippen LogP contribution in [0.2, 0.25) is 0 Å². The van der Waals surface area contributed by atoms with Crippen molar-refractivity contribution in [1.29, 1.82) is 0 Å². The number of rotatable bonds is 6. The van der Waals surface area contributed by atoms with Crippen LogP contribution >= 0.6 is 11.3 Å². The molecule has 1 saturated heterocycles. The van der Waals surface area contributed by atoms with Crippen molar-refractivity contribution in [3.63, 3.8) is 0 Å². The van der Waals surface area contributed by atoms with Gasteiger partial charge in [-0.1, -0.05) is 36.4 Å². The van der Waals surface area contributed by atoms with E-state index in [1.54, 1.807) is 16.1 Å². The van der Waals surface area contributed by atoms with Gasteiger partial charge < -0.3 is 4.90 Å². The second kappa shape index (κ2) is 8.43. The van der Waals surface area contributed by atoms with Crippen LogP contribution in [-0.2, 0) is 17.8 Å². The van der Waals surface area contributed by atoms with Gasteiger partial charge in [-0.2, -0.15) is 4.80 Å². The van der Waals surface area contributed by atoms with Crippen molar-refractivity contribution in [3.8, 4) is 10.7 Å². The summed E-state index contributed by atoms with van der Waals surface area (Å²) in [6.07, 6.45) is 3.50. The average Bonchev–Trinajstić information content (AvgIpc) is 3.39. The molecular formula is C20H23N5OS. The number of piperidine rings is 1. The van der Waals surface area contributed by atoms with Crippen LogP contribution in [0.25, 0.3) is 10.7 Å². The molecule has 3 aromatic rings. The molecule has 0 unspecified atom stereocenters. The minimum absolute atomic E-state index is 0.245. The van der Waals surface area contributed by atoms with E-state index in [-0.39, 0.29) is 5.91 Å². The fourth-order valence-electron chi connectivity index (χ4n) is 3.55. The van der Waals surface area contributed by atoms with Crippen LogP contribution in [0.15, 0.2) is 47.8 Å². The lowest BCUT2D eigenvalue weighted by molar-refractivity contribution is -0.133. The van der Waals surface area contributed by atoms with Gasteiger partial charge in [0.15, 0.2) is 0 Å². The molecule has 2 aromatic heterocycles. The number of carbonyl (C=O) groups excluding carboxylic acids is 1. The van der Waals surface area contributed by atoms with Crippen LogP contribution in [0.4, 0.5) is 0 Å². The summed E-state index contributed by atoms with van der Waals surface area (Å²) in [5.41, 5.74) is 1.22. The number of hydrogen-bond donors (Lipinski definition) is 0. The molecule has 1 fully saturated rings. The monoisotopic (exact) mass is 381 g/mol. The highest BCUT2D eigenvalue weighted by Crippen LogP contribution is 2.21. The predicted octanol–water partition coefficient (Wildman–Crippen LogP) is 3.27. The number of hydrogen-bond acceptors (Lipinski definition) is 5. The van der Waals surface area contributed by atoms with Crippen LogP contribution in [0.1, 0.15) is 24.8 Å². The van der Waals surface area contributed by atoms with Crippen LogP contribution < -0.4 is 0 Å². The lowest BCUT2D eigenvalue weighted by atomic mass is 9.97. The molecule has 27 heavy (non-hydrogen) atoms. The molecule has 4 rings (SSSR count). The number of aromatic nitrogens is 4. The Morgan fingerprint density at radius 2 is 2.07 bits per heavy atom. The molecule has 1 aliphatic heterocycles. The molecular weight excluding hydrogens is 358 g/mol. The second-order valence-corrected chi connectivity index (χ2v) is 7.93. The number of tetrazole rings is 1. The van der Waals surface area contributed by atoms with E-state index in [0.29, 0.717) is 24.7 Å². The van der Waals surface area contributed by atoms with Gasteiger partial charge in [0.25, 0.3) is 0 Å². The molecule has 1 amide bonds. The van der Waals surface area contributed by atoms with Gasteiger partial charge in [-0.3, -0.25) is 4.79 Å². The molecule has 6 nitrogen and oxygen atoms in total. The summed E-state index contributed by atoms with van der Waals surface area (Å²) in [4.78, 5) is 17.3. The van der Waals surface area contributed by atoms with Crippen molar-refractivity contribution in [2.75, 3.05) is 13.1 Å². The van der Waals surface area contributed by atoms with Gasteiger partial charge in [0.1, 0.15) is 0 Å². The number of amides is 1. The van der Waals surface area contributed by atoms with Crippen molar-refractivity contribution < 1.29 is 4.79 Å². The van der Waals surface area contributed by atoms with E-state index < -0.39 is 0 Å². The molecule has 0 bridgehead atoms. The van der Waals surface area contributed by atoms with E-state index in [0.717, 1.165) is 37.2 Å². The summed E-state index contributed by atoms with van der Waals surface area (Å²) in [5, 5.41) is 14.8. The Morgan fingerprint density at radius 1 is 1.19 bits per heavy atom. The topological polar surface area (TPSA) is 63.9 Å². The first-order chi connectivity index (χ1) is 13.3. The fourth-order valence-corrected chi connectivity index (χ4v) is 4.20. The highest BCUT2D eigenvalue weighted by molar-refractivity contribution is 7.13. The Morgan fingerprint density at radius 3 is 2.89 bits per heavy atom. The van der Waals surface area contributed by atoms with Gasteiger partial charge in [-0.15, -0.1) is 21.5 Å². The molecule has 1 aromatic carbocycles. The molecule has 0 saturated carbocycles. The predicted molar refractivity (Wildman–Crippen MR) is 105 cm³/mol. The molecule has 1 aliphatic rings. The van der Waals surface area contributed by atoms with Gasteiger partial charge in [-0.25, -0.2) is 0 Å². The lowest BCUT2D eigenvalue weighted by Gasteiger charge is -2.32. The molecule has 0 N–H and O–H groups in total. The number of likely N-dealkylation sites (tertiary alicyclic amines) is 1. The smallest absolute Gasteiger partial charge is 0.222 e. The third-order valence-corrected chi connectivity index (χ3v) is 5.82. The van der Waals surface area contributed by atoms with Crippen LogP contribution in [-0.4, -0.2) is 44.1 Å². The maximum absolute atomic E-state index is 12.6. The van der Waals surface area contributed by atoms with Crippen molar-refractivity contribution in [2.45, 2.75) is 32.2 Å². The number of benzene rings is 1. The van der Waals surface area contributed by atoms with Gasteiger partial charge in [0, 0.05) is 19.5 Å². The van der Waals surface area contributed by atoms with Gasteiger partial charge in [0.05, 0.1) is 11.4 Å². The van der Waals surface area contributed by atoms with Crippen LogP contribution in [0.3, 0.4) is 0 Å². The molecule has 3 heterocycles. The quantitative estimate of drug-likeness (QED) is 0.657. The zero-order valence-corrected chi connectivity index (χ0v) is 16.0. The zero-order chi connectivity index (χ0) is 18.5. The van der Waals surface area contributed by atoms with E-state index in [9.17, 15) is 4.79 Å². The number of carbonyl (C=O) groups is 1. The minimum atomic E-state index is 0.245. The summed E-state index contributed by atoms with van der Waals surface area (Å²) >= 11 is 1.61. The second-order valence-electron chi connectivity index (χ2n) is 6.98. The third kappa shape index (κ3) is 4.60. The standard InChI is InChI=1S/C20H23N5OS/c26-19(11-10-16-6-2-1-3-7-16)24-12-4-8-17(14-24)15-25-22-20(21-23-25)18-9-5-13-27-18/h1-3,5-7,9,13,17H,4,8,10-12,14-15H2/t17-/m0/s1. The zero-order valence-electron chi connectivity index (χ0n) is 15.2. The van der Waals surface area contributed by atoms with E-state index in [1.807, 2.05) is 40.6 Å². The summed E-state index contributed by atoms with van der Waals surface area (Å²) in [6, 6.07) is 14.2. The first-order valence-corrected chi connectivity index (χ1v) is 10.3. The maximum atomic E-state index is 12.6. The molecule has 140 valence electrons. The summed E-state index contributed by atoms with van der Waals surface area (Å²) < 4.78 is 0. The van der Waals surface area contributed by atoms with Crippen molar-refractivity contribution >= 4 is 17.2 Å². The average molecular weight is 382 g/mol. The Labute approximate surface area is 162 Å². The lowest BCUT2D eigenvalue weighted by Crippen LogP contribution is -2.41. The first-order valence-electron chi connectivity index (χ1n) is 9.41. The summed E-state index contributed by atoms with van der Waals surface area (Å²) in [7, 11) is 0. The van der Waals surface area contributed by atoms with Crippen molar-refractivity contribution in [2.24, 2.45) is 5.92 Å². The largest absolute Gasteiger partial charge is 0.342 e. The maximum Gasteiger partial charge on any atom is 0.222 e. The number of nitrogens with zero attached hydrogens (tertiary/aromatic N) is 5. The van der Waals surface area contributed by atoms with E-state index in [4.69, 9.17) is 0 Å². The Balaban J connectivity index is 1.31.